The fourth-order valence-electron chi connectivity index (χ4n) is 12.4. The summed E-state index contributed by atoms with van der Waals surface area (Å²) in [4.78, 5) is 0. The summed E-state index contributed by atoms with van der Waals surface area (Å²) < 4.78 is 83.8. The lowest BCUT2D eigenvalue weighted by atomic mass is 9.90. The third kappa shape index (κ3) is 14.3. The summed E-state index contributed by atoms with van der Waals surface area (Å²) in [6.45, 7) is 19.9. The van der Waals surface area contributed by atoms with Crippen molar-refractivity contribution >= 4 is 61.5 Å². The molecular weight excluding hydrogens is 1150 g/mol. The minimum Gasteiger partial charge on any atom is -0.496 e. The van der Waals surface area contributed by atoms with Crippen molar-refractivity contribution in [3.63, 3.8) is 0 Å². The van der Waals surface area contributed by atoms with Crippen LogP contribution in [0, 0.1) is 0 Å². The first-order valence-corrected chi connectivity index (χ1v) is 37.7. The van der Waals surface area contributed by atoms with Gasteiger partial charge in [0.2, 0.25) is 0 Å². The van der Waals surface area contributed by atoms with Crippen LogP contribution < -0.4 is 50.8 Å². The van der Waals surface area contributed by atoms with E-state index < -0.39 is 54.1 Å². The molecule has 0 saturated carbocycles. The standard InChI is InChI=1S/C72H86O10P4/c1-49(2)79-85(73,80-50(3)4)67-43-59-39-55-35-53(47-83(13,63-27-19-15-20-28-63)64-29-21-16-22-30-64)37-57(69(55)75-9)41-61-45-68(86(74,81-51(5)6)82-52(7)8)46-62(72(61)78-12)42-58-38-54(36-56(70(58)76-10)40-60(44-67)71(59)77-11)48-84(14,65-31-23-17-24-32-65)66-33-25-18-26-34-66/h15-38,43-46,49-52H,39-42,47-48H2,1-14H3/q+2. The topological polar surface area (TPSA) is 108 Å². The van der Waals surface area contributed by atoms with Gasteiger partial charge in [-0.15, -0.1) is 0 Å². The SMILES string of the molecule is COc1c2cc(C[P+](C)(c3ccccc3)c3ccccc3)cc1Cc1cc(P(=O)(OC(C)C)OC(C)C)cc(c1OC)Cc1cc(C[P+](C)(c3ccccc3)c3ccccc3)cc(c1OC)Cc1cc(P(=O)(OC(C)C)OC(C)C)cc(c1OC)C2. The maximum absolute atomic E-state index is 15.7. The van der Waals surface area contributed by atoms with Crippen molar-refractivity contribution in [2.24, 2.45) is 0 Å². The smallest absolute Gasteiger partial charge is 0.361 e. The molecule has 452 valence electrons. The lowest BCUT2D eigenvalue weighted by Gasteiger charge is -2.28. The number of hydrogen-bond donors (Lipinski definition) is 0. The van der Waals surface area contributed by atoms with E-state index in [4.69, 9.17) is 37.0 Å². The zero-order chi connectivity index (χ0) is 61.6. The second kappa shape index (κ2) is 27.7. The average molecular weight is 1240 g/mol. The predicted octanol–water partition coefficient (Wildman–Crippen LogP) is 15.3. The molecule has 10 nitrogen and oxygen atoms in total. The molecule has 8 aromatic rings. The van der Waals surface area contributed by atoms with E-state index in [-0.39, 0.29) is 0 Å². The second-order valence-corrected chi connectivity index (χ2v) is 35.2. The van der Waals surface area contributed by atoms with Gasteiger partial charge in [-0.1, -0.05) is 72.8 Å². The molecular formula is C72H86O10P4+2. The number of methoxy groups -OCH3 is 4. The van der Waals surface area contributed by atoms with Gasteiger partial charge in [0.15, 0.2) is 0 Å². The molecule has 8 bridgehead atoms. The van der Waals surface area contributed by atoms with Crippen LogP contribution in [0.25, 0.3) is 0 Å². The fraction of sp³-hybridized carbons (Fsp3) is 0.333. The lowest BCUT2D eigenvalue weighted by Crippen LogP contribution is -2.23. The third-order valence-corrected chi connectivity index (χ3v) is 28.1. The van der Waals surface area contributed by atoms with Gasteiger partial charge in [-0.2, -0.15) is 0 Å². The largest absolute Gasteiger partial charge is 0.496 e. The highest BCUT2D eigenvalue weighted by Crippen LogP contribution is 2.59. The fourth-order valence-corrected chi connectivity index (χ4v) is 22.9. The van der Waals surface area contributed by atoms with Crippen molar-refractivity contribution in [1.29, 1.82) is 0 Å². The second-order valence-electron chi connectivity index (χ2n) is 23.8. The summed E-state index contributed by atoms with van der Waals surface area (Å²) in [5.74, 6) is 2.62. The van der Waals surface area contributed by atoms with Crippen LogP contribution in [0.3, 0.4) is 0 Å². The molecule has 0 unspecified atom stereocenters. The average Bonchev–Trinajstić information content (AvgIpc) is 3.31. The lowest BCUT2D eigenvalue weighted by molar-refractivity contribution is 0.149. The van der Waals surface area contributed by atoms with E-state index in [1.54, 1.807) is 28.4 Å². The highest BCUT2D eigenvalue weighted by atomic mass is 31.2. The van der Waals surface area contributed by atoms with Crippen LogP contribution in [0.5, 0.6) is 23.0 Å². The molecule has 14 heteroatoms. The number of ether oxygens (including phenoxy) is 4. The Kier molecular flexibility index (Phi) is 20.8. The summed E-state index contributed by atoms with van der Waals surface area (Å²) in [7, 11) is -5.40. The molecule has 0 heterocycles. The van der Waals surface area contributed by atoms with Gasteiger partial charge in [0, 0.05) is 25.7 Å². The molecule has 86 heavy (non-hydrogen) atoms. The van der Waals surface area contributed by atoms with Gasteiger partial charge in [0.25, 0.3) is 0 Å². The molecule has 0 aromatic heterocycles. The predicted molar refractivity (Wildman–Crippen MR) is 360 cm³/mol. The molecule has 0 saturated heterocycles. The Labute approximate surface area is 513 Å². The first-order valence-electron chi connectivity index (χ1n) is 29.8. The maximum Gasteiger partial charge on any atom is 0.361 e. The first kappa shape index (κ1) is 64.6. The minimum absolute atomic E-state index is 0.310. The Morgan fingerprint density at radius 2 is 0.535 bits per heavy atom. The van der Waals surface area contributed by atoms with Crippen molar-refractivity contribution in [1.82, 2.24) is 0 Å². The highest BCUT2D eigenvalue weighted by Gasteiger charge is 2.41. The molecule has 8 aromatic carbocycles. The van der Waals surface area contributed by atoms with Gasteiger partial charge in [0.1, 0.15) is 23.0 Å². The Balaban J connectivity index is 1.39. The van der Waals surface area contributed by atoms with Crippen molar-refractivity contribution < 1.29 is 46.2 Å². The number of benzene rings is 8. The van der Waals surface area contributed by atoms with Crippen LogP contribution in [0.2, 0.25) is 0 Å². The van der Waals surface area contributed by atoms with E-state index >= 15 is 9.13 Å². The van der Waals surface area contributed by atoms with E-state index in [1.807, 2.05) is 79.7 Å². The van der Waals surface area contributed by atoms with Crippen LogP contribution >= 0.6 is 29.7 Å². The van der Waals surface area contributed by atoms with Gasteiger partial charge < -0.3 is 37.0 Å². The molecule has 1 aliphatic rings. The highest BCUT2D eigenvalue weighted by molar-refractivity contribution is 7.88. The van der Waals surface area contributed by atoms with Crippen LogP contribution in [0.4, 0.5) is 0 Å². The number of rotatable bonds is 22. The summed E-state index contributed by atoms with van der Waals surface area (Å²) in [6.07, 6.45) is 1.000. The van der Waals surface area contributed by atoms with E-state index in [2.05, 4.69) is 159 Å². The zero-order valence-corrected chi connectivity index (χ0v) is 56.2. The van der Waals surface area contributed by atoms with Crippen molar-refractivity contribution in [2.45, 2.75) is 118 Å². The third-order valence-electron chi connectivity index (χ3n) is 15.7. The Hall–Kier alpha value is -5.88. The van der Waals surface area contributed by atoms with Crippen molar-refractivity contribution in [2.75, 3.05) is 41.8 Å². The summed E-state index contributed by atoms with van der Waals surface area (Å²) >= 11 is 0. The molecule has 0 N–H and O–H groups in total. The van der Waals surface area contributed by atoms with E-state index in [9.17, 15) is 0 Å². The van der Waals surface area contributed by atoms with Gasteiger partial charge in [-0.05, 0) is 208 Å². The van der Waals surface area contributed by atoms with Crippen LogP contribution in [0.15, 0.2) is 170 Å². The van der Waals surface area contributed by atoms with Crippen molar-refractivity contribution in [3.05, 3.63) is 225 Å². The van der Waals surface area contributed by atoms with Gasteiger partial charge >= 0.3 is 15.2 Å². The van der Waals surface area contributed by atoms with E-state index in [0.29, 0.717) is 59.3 Å². The summed E-state index contributed by atoms with van der Waals surface area (Å²) in [5.41, 5.74) is 8.89. The molecule has 0 radical (unpaired) electrons. The molecule has 0 fully saturated rings. The van der Waals surface area contributed by atoms with Gasteiger partial charge in [-0.25, -0.2) is 0 Å². The Bertz CT molecular complexity index is 3270. The van der Waals surface area contributed by atoms with Crippen LogP contribution in [0.1, 0.15) is 111 Å². The number of fused-ring (bicyclic) bond motifs is 8. The molecule has 9 rings (SSSR count). The monoisotopic (exact) mass is 1230 g/mol. The first-order chi connectivity index (χ1) is 41.1. The van der Waals surface area contributed by atoms with E-state index in [0.717, 1.165) is 68.0 Å². The summed E-state index contributed by atoms with van der Waals surface area (Å²) in [6, 6.07) is 60.2. The normalized spacial score (nSPS) is 13.1. The number of hydrogen-bond acceptors (Lipinski definition) is 10. The van der Waals surface area contributed by atoms with Crippen LogP contribution in [-0.2, 0) is 65.2 Å². The maximum atomic E-state index is 15.7. The molecule has 0 atom stereocenters. The zero-order valence-electron chi connectivity index (χ0n) is 52.6. The molecule has 0 amide bonds. The Morgan fingerprint density at radius 1 is 0.337 bits per heavy atom. The molecule has 0 spiro atoms. The van der Waals surface area contributed by atoms with E-state index in [1.165, 1.54) is 21.2 Å². The molecule has 0 aliphatic heterocycles. The summed E-state index contributed by atoms with van der Waals surface area (Å²) in [5, 5.41) is 5.98. The Morgan fingerprint density at radius 3 is 0.721 bits per heavy atom. The minimum atomic E-state index is -4.00. The molecule has 1 aliphatic carbocycles. The van der Waals surface area contributed by atoms with Gasteiger partial charge in [0.05, 0.1) is 125 Å². The quantitative estimate of drug-likeness (QED) is 0.0609. The van der Waals surface area contributed by atoms with Crippen LogP contribution in [-0.4, -0.2) is 66.2 Å². The van der Waals surface area contributed by atoms with Crippen molar-refractivity contribution in [3.8, 4) is 23.0 Å². The van der Waals surface area contributed by atoms with Gasteiger partial charge in [-0.3, -0.25) is 9.13 Å².